The Morgan fingerprint density at radius 2 is 2.06 bits per heavy atom. The van der Waals surface area contributed by atoms with Gasteiger partial charge in [0.1, 0.15) is 0 Å². The van der Waals surface area contributed by atoms with Gasteiger partial charge >= 0.3 is 0 Å². The molecule has 0 spiro atoms. The topological polar surface area (TPSA) is 23.8 Å². The van der Waals surface area contributed by atoms with Gasteiger partial charge in [0.05, 0.1) is 6.07 Å². The van der Waals surface area contributed by atoms with Crippen LogP contribution < -0.4 is 0 Å². The summed E-state index contributed by atoms with van der Waals surface area (Å²) in [5, 5.41) is 9.03. The van der Waals surface area contributed by atoms with Crippen molar-refractivity contribution in [3.05, 3.63) is 42.0 Å². The highest BCUT2D eigenvalue weighted by molar-refractivity contribution is 7.99. The van der Waals surface area contributed by atoms with E-state index in [-0.39, 0.29) is 0 Å². The van der Waals surface area contributed by atoms with E-state index >= 15 is 0 Å². The van der Waals surface area contributed by atoms with Gasteiger partial charge in [0, 0.05) is 16.2 Å². The molecule has 0 fully saturated rings. The number of nitrogens with zero attached hydrogens (tertiary/aromatic N) is 1. The Labute approximate surface area is 109 Å². The Balaban J connectivity index is 2.35. The maximum atomic E-state index is 9.03. The number of allylic oxidation sites excluding steroid dienone is 1. The number of rotatable bonds is 7. The van der Waals surface area contributed by atoms with Gasteiger partial charge in [0.25, 0.3) is 0 Å². The average molecular weight is 245 g/mol. The monoisotopic (exact) mass is 245 g/mol. The van der Waals surface area contributed by atoms with Crippen molar-refractivity contribution in [2.75, 3.05) is 5.75 Å². The van der Waals surface area contributed by atoms with Crippen LogP contribution in [0.1, 0.15) is 32.6 Å². The highest BCUT2D eigenvalue weighted by Gasteiger charge is 1.97. The molecule has 0 aliphatic carbocycles. The maximum absolute atomic E-state index is 9.03. The van der Waals surface area contributed by atoms with Crippen molar-refractivity contribution in [3.63, 3.8) is 0 Å². The smallest absolute Gasteiger partial charge is 0.0952 e. The van der Waals surface area contributed by atoms with Crippen molar-refractivity contribution in [2.24, 2.45) is 0 Å². The van der Waals surface area contributed by atoms with Gasteiger partial charge in [-0.15, -0.1) is 11.8 Å². The van der Waals surface area contributed by atoms with E-state index in [2.05, 4.69) is 31.2 Å². The Morgan fingerprint density at radius 3 is 2.71 bits per heavy atom. The lowest BCUT2D eigenvalue weighted by molar-refractivity contribution is 0.728. The first kappa shape index (κ1) is 13.9. The fourth-order valence-electron chi connectivity index (χ4n) is 1.49. The van der Waals surface area contributed by atoms with Gasteiger partial charge in [-0.05, 0) is 25.0 Å². The number of hydrogen-bond donors (Lipinski definition) is 0. The van der Waals surface area contributed by atoms with Crippen LogP contribution in [0.4, 0.5) is 0 Å². The van der Waals surface area contributed by atoms with Crippen LogP contribution in [0.2, 0.25) is 0 Å². The molecular weight excluding hydrogens is 226 g/mol. The second-order valence-corrected chi connectivity index (χ2v) is 4.99. The molecule has 0 bridgehead atoms. The lowest BCUT2D eigenvalue weighted by atomic mass is 10.1. The number of thioether (sulfide) groups is 1. The second kappa shape index (κ2) is 8.90. The molecule has 1 aromatic carbocycles. The summed E-state index contributed by atoms with van der Waals surface area (Å²) in [6, 6.07) is 12.5. The van der Waals surface area contributed by atoms with Crippen LogP contribution in [0.25, 0.3) is 0 Å². The summed E-state index contributed by atoms with van der Waals surface area (Å²) < 4.78 is 0. The SMILES string of the molecule is CCCCC/C=C(\C#N)CSc1ccccc1. The van der Waals surface area contributed by atoms with Crippen molar-refractivity contribution >= 4 is 11.8 Å². The van der Waals surface area contributed by atoms with Crippen LogP contribution in [-0.4, -0.2) is 5.75 Å². The quantitative estimate of drug-likeness (QED) is 0.391. The second-order valence-electron chi connectivity index (χ2n) is 3.94. The molecule has 0 aromatic heterocycles. The Hall–Kier alpha value is -1.20. The Morgan fingerprint density at radius 1 is 1.29 bits per heavy atom. The van der Waals surface area contributed by atoms with E-state index in [4.69, 9.17) is 5.26 Å². The molecule has 1 nitrogen and oxygen atoms in total. The first-order chi connectivity index (χ1) is 8.36. The van der Waals surface area contributed by atoms with Gasteiger partial charge in [0.2, 0.25) is 0 Å². The van der Waals surface area contributed by atoms with E-state index < -0.39 is 0 Å². The van der Waals surface area contributed by atoms with Crippen molar-refractivity contribution in [1.29, 1.82) is 5.26 Å². The molecule has 0 aliphatic heterocycles. The third-order valence-electron chi connectivity index (χ3n) is 2.48. The molecular formula is C15H19NS. The van der Waals surface area contributed by atoms with Crippen LogP contribution in [0.5, 0.6) is 0 Å². The minimum absolute atomic E-state index is 0.784. The van der Waals surface area contributed by atoms with E-state index in [9.17, 15) is 0 Å². The average Bonchev–Trinajstić information content (AvgIpc) is 2.39. The third-order valence-corrected chi connectivity index (χ3v) is 3.54. The van der Waals surface area contributed by atoms with Crippen LogP contribution >= 0.6 is 11.8 Å². The van der Waals surface area contributed by atoms with Crippen LogP contribution in [-0.2, 0) is 0 Å². The number of unbranched alkanes of at least 4 members (excludes halogenated alkanes) is 3. The highest BCUT2D eigenvalue weighted by Crippen LogP contribution is 2.20. The maximum Gasteiger partial charge on any atom is 0.0952 e. The first-order valence-electron chi connectivity index (χ1n) is 6.13. The first-order valence-corrected chi connectivity index (χ1v) is 7.12. The molecule has 0 saturated carbocycles. The lowest BCUT2D eigenvalue weighted by Gasteiger charge is -2.00. The molecule has 2 heteroatoms. The van der Waals surface area contributed by atoms with E-state index in [0.717, 1.165) is 17.7 Å². The highest BCUT2D eigenvalue weighted by atomic mass is 32.2. The summed E-state index contributed by atoms with van der Waals surface area (Å²) in [5.41, 5.74) is 0.898. The fourth-order valence-corrected chi connectivity index (χ4v) is 2.34. The summed E-state index contributed by atoms with van der Waals surface area (Å²) in [7, 11) is 0. The molecule has 1 rings (SSSR count). The molecule has 0 N–H and O–H groups in total. The van der Waals surface area contributed by atoms with Gasteiger partial charge in [-0.2, -0.15) is 5.26 Å². The van der Waals surface area contributed by atoms with Crippen molar-refractivity contribution in [3.8, 4) is 6.07 Å². The summed E-state index contributed by atoms with van der Waals surface area (Å²) >= 11 is 1.73. The third kappa shape index (κ3) is 6.19. The van der Waals surface area contributed by atoms with E-state index in [1.807, 2.05) is 18.2 Å². The van der Waals surface area contributed by atoms with Gasteiger partial charge in [-0.25, -0.2) is 0 Å². The van der Waals surface area contributed by atoms with Gasteiger partial charge in [0.15, 0.2) is 0 Å². The molecule has 0 unspecified atom stereocenters. The largest absolute Gasteiger partial charge is 0.193 e. The standard InChI is InChI=1S/C15H19NS/c1-2-3-4-6-9-14(12-16)13-17-15-10-7-5-8-11-15/h5,7-11H,2-4,6,13H2,1H3/b14-9+. The summed E-state index contributed by atoms with van der Waals surface area (Å²) in [5.74, 6) is 0.784. The molecule has 1 aromatic rings. The zero-order valence-corrected chi connectivity index (χ0v) is 11.2. The summed E-state index contributed by atoms with van der Waals surface area (Å²) in [6.07, 6.45) is 6.80. The molecule has 0 amide bonds. The van der Waals surface area contributed by atoms with E-state index in [0.29, 0.717) is 0 Å². The van der Waals surface area contributed by atoms with Gasteiger partial charge in [-0.3, -0.25) is 0 Å². The molecule has 0 saturated heterocycles. The predicted molar refractivity (Wildman–Crippen MR) is 75.0 cm³/mol. The molecule has 90 valence electrons. The van der Waals surface area contributed by atoms with Gasteiger partial charge in [-0.1, -0.05) is 44.0 Å². The normalized spacial score (nSPS) is 11.2. The van der Waals surface area contributed by atoms with Crippen LogP contribution in [0.3, 0.4) is 0 Å². The Kier molecular flexibility index (Phi) is 7.25. The fraction of sp³-hybridized carbons (Fsp3) is 0.400. The van der Waals surface area contributed by atoms with Crippen LogP contribution in [0, 0.1) is 11.3 Å². The van der Waals surface area contributed by atoms with Crippen molar-refractivity contribution in [1.82, 2.24) is 0 Å². The summed E-state index contributed by atoms with van der Waals surface area (Å²) in [6.45, 7) is 2.19. The molecule has 0 heterocycles. The molecule has 17 heavy (non-hydrogen) atoms. The molecule has 0 radical (unpaired) electrons. The zero-order valence-electron chi connectivity index (χ0n) is 10.4. The van der Waals surface area contributed by atoms with Crippen molar-refractivity contribution in [2.45, 2.75) is 37.5 Å². The number of nitriles is 1. The van der Waals surface area contributed by atoms with Crippen LogP contribution in [0.15, 0.2) is 46.9 Å². The summed E-state index contributed by atoms with van der Waals surface area (Å²) in [4.78, 5) is 1.22. The molecule has 0 aliphatic rings. The van der Waals surface area contributed by atoms with Gasteiger partial charge < -0.3 is 0 Å². The van der Waals surface area contributed by atoms with Crippen molar-refractivity contribution < 1.29 is 0 Å². The lowest BCUT2D eigenvalue weighted by Crippen LogP contribution is -1.85. The van der Waals surface area contributed by atoms with E-state index in [1.54, 1.807) is 11.8 Å². The minimum Gasteiger partial charge on any atom is -0.193 e. The number of hydrogen-bond acceptors (Lipinski definition) is 2. The Bertz CT molecular complexity index is 376. The predicted octanol–water partition coefficient (Wildman–Crippen LogP) is 4.81. The molecule has 0 atom stereocenters. The van der Waals surface area contributed by atoms with E-state index in [1.165, 1.54) is 24.2 Å². The zero-order chi connectivity index (χ0) is 12.3. The number of benzene rings is 1. The minimum atomic E-state index is 0.784.